The average Bonchev–Trinajstić information content (AvgIpc) is 3.48. The molecule has 2 aromatic heterocycles. The van der Waals surface area contributed by atoms with Gasteiger partial charge < -0.3 is 24.3 Å². The summed E-state index contributed by atoms with van der Waals surface area (Å²) in [6.45, 7) is 0. The molecule has 9 heteroatoms. The maximum atomic E-state index is 12.6. The molecule has 1 amide bonds. The van der Waals surface area contributed by atoms with E-state index in [0.717, 1.165) is 5.56 Å². The lowest BCUT2D eigenvalue weighted by molar-refractivity contribution is 0.0694. The highest BCUT2D eigenvalue weighted by atomic mass is 32.1. The summed E-state index contributed by atoms with van der Waals surface area (Å²) < 4.78 is 16.8. The Morgan fingerprint density at radius 3 is 2.84 bits per heavy atom. The van der Waals surface area contributed by atoms with Crippen molar-refractivity contribution in [1.29, 1.82) is 0 Å². The molecule has 156 valence electrons. The molecule has 5 rings (SSSR count). The number of thiophene rings is 1. The predicted molar refractivity (Wildman–Crippen MR) is 113 cm³/mol. The number of fused-ring (bicyclic) bond motifs is 2. The lowest BCUT2D eigenvalue weighted by atomic mass is 10.1. The van der Waals surface area contributed by atoms with Gasteiger partial charge in [0.15, 0.2) is 17.1 Å². The van der Waals surface area contributed by atoms with E-state index in [1.54, 1.807) is 42.8 Å². The zero-order valence-corrected chi connectivity index (χ0v) is 17.1. The first kappa shape index (κ1) is 19.1. The number of aromatic carboxylic acids is 1. The van der Waals surface area contributed by atoms with Crippen LogP contribution >= 0.6 is 11.3 Å². The van der Waals surface area contributed by atoms with E-state index in [9.17, 15) is 14.7 Å². The Balaban J connectivity index is 1.44. The molecule has 0 spiro atoms. The summed E-state index contributed by atoms with van der Waals surface area (Å²) >= 11 is 1.22. The van der Waals surface area contributed by atoms with Crippen LogP contribution in [0.15, 0.2) is 52.3 Å². The number of benzene rings is 2. The fourth-order valence-corrected chi connectivity index (χ4v) is 4.63. The predicted octanol–water partition coefficient (Wildman–Crippen LogP) is 4.52. The molecule has 4 aromatic rings. The Hall–Kier alpha value is -3.85. The Bertz CT molecular complexity index is 1290. The normalized spacial score (nSPS) is 14.8. The van der Waals surface area contributed by atoms with Crippen LogP contribution in [0.25, 0.3) is 11.1 Å². The average molecular weight is 436 g/mol. The number of ether oxygens (including phenoxy) is 2. The molecule has 1 atom stereocenters. The summed E-state index contributed by atoms with van der Waals surface area (Å²) in [6.07, 6.45) is 0.0173. The summed E-state index contributed by atoms with van der Waals surface area (Å²) in [4.78, 5) is 29.4. The highest BCUT2D eigenvalue weighted by Crippen LogP contribution is 2.46. The van der Waals surface area contributed by atoms with Crippen LogP contribution < -0.4 is 14.8 Å². The summed E-state index contributed by atoms with van der Waals surface area (Å²) in [6, 6.07) is 12.6. The van der Waals surface area contributed by atoms with Gasteiger partial charge in [-0.25, -0.2) is 9.78 Å². The minimum Gasteiger partial charge on any atom is -0.493 e. The fourth-order valence-electron chi connectivity index (χ4n) is 3.61. The van der Waals surface area contributed by atoms with Crippen LogP contribution in [-0.4, -0.2) is 29.1 Å². The minimum absolute atomic E-state index is 0.00812. The molecule has 2 N–H and O–H groups in total. The number of carbonyl (C=O) groups excluding carboxylic acids is 1. The maximum Gasteiger partial charge on any atom is 0.339 e. The number of hydrogen-bond acceptors (Lipinski definition) is 7. The van der Waals surface area contributed by atoms with Gasteiger partial charge in [-0.2, -0.15) is 0 Å². The van der Waals surface area contributed by atoms with E-state index >= 15 is 0 Å². The summed E-state index contributed by atoms with van der Waals surface area (Å²) in [5.41, 5.74) is 2.12. The fraction of sp³-hybridized carbons (Fsp3) is 0.136. The van der Waals surface area contributed by atoms with Crippen LogP contribution in [0, 0.1) is 0 Å². The molecule has 0 fully saturated rings. The number of aromatic nitrogens is 1. The Kier molecular flexibility index (Phi) is 4.59. The third-order valence-electron chi connectivity index (χ3n) is 5.01. The van der Waals surface area contributed by atoms with Crippen LogP contribution in [0.5, 0.6) is 11.5 Å². The molecule has 1 aliphatic heterocycles. The smallest absolute Gasteiger partial charge is 0.339 e. The van der Waals surface area contributed by atoms with Gasteiger partial charge in [0.1, 0.15) is 17.2 Å². The first-order chi connectivity index (χ1) is 15.0. The second kappa shape index (κ2) is 7.44. The molecular formula is C22H16N2O6S. The molecule has 1 aliphatic rings. The van der Waals surface area contributed by atoms with Gasteiger partial charge >= 0.3 is 11.9 Å². The number of carbonyl (C=O) groups is 2. The Morgan fingerprint density at radius 2 is 2.06 bits per heavy atom. The molecule has 3 heterocycles. The Morgan fingerprint density at radius 1 is 1.23 bits per heavy atom. The zero-order chi connectivity index (χ0) is 21.5. The molecule has 0 bridgehead atoms. The van der Waals surface area contributed by atoms with Crippen LogP contribution in [0.1, 0.15) is 37.6 Å². The van der Waals surface area contributed by atoms with Crippen molar-refractivity contribution in [2.45, 2.75) is 12.5 Å². The van der Waals surface area contributed by atoms with Crippen molar-refractivity contribution in [3.8, 4) is 11.5 Å². The lowest BCUT2D eigenvalue weighted by Crippen LogP contribution is -2.15. The first-order valence-corrected chi connectivity index (χ1v) is 10.3. The number of hydrogen-bond donors (Lipinski definition) is 2. The van der Waals surface area contributed by atoms with Gasteiger partial charge in [-0.1, -0.05) is 24.3 Å². The van der Waals surface area contributed by atoms with Crippen molar-refractivity contribution in [1.82, 2.24) is 4.98 Å². The first-order valence-electron chi connectivity index (χ1n) is 9.39. The minimum atomic E-state index is -1.16. The van der Waals surface area contributed by atoms with Gasteiger partial charge in [0.05, 0.1) is 17.7 Å². The van der Waals surface area contributed by atoms with Crippen LogP contribution in [0.4, 0.5) is 5.69 Å². The molecule has 2 aromatic carbocycles. The van der Waals surface area contributed by atoms with Gasteiger partial charge in [-0.15, -0.1) is 11.3 Å². The van der Waals surface area contributed by atoms with E-state index in [0.29, 0.717) is 33.9 Å². The van der Waals surface area contributed by atoms with E-state index in [4.69, 9.17) is 13.9 Å². The number of carboxylic acids is 1. The van der Waals surface area contributed by atoms with Gasteiger partial charge in [0.2, 0.25) is 0 Å². The van der Waals surface area contributed by atoms with Gasteiger partial charge in [0.25, 0.3) is 5.89 Å². The van der Waals surface area contributed by atoms with E-state index in [-0.39, 0.29) is 17.1 Å². The third kappa shape index (κ3) is 3.28. The van der Waals surface area contributed by atoms with Crippen LogP contribution in [0.3, 0.4) is 0 Å². The number of amides is 1. The number of carboxylic acid groups (broad SMARTS) is 1. The van der Waals surface area contributed by atoms with E-state index in [1.165, 1.54) is 11.3 Å². The van der Waals surface area contributed by atoms with Crippen molar-refractivity contribution in [2.24, 2.45) is 0 Å². The second-order valence-corrected chi connectivity index (χ2v) is 7.81. The number of nitrogens with zero attached hydrogens (tertiary/aromatic N) is 1. The number of para-hydroxylation sites is 3. The molecule has 0 saturated carbocycles. The molecule has 0 radical (unpaired) electrons. The summed E-state index contributed by atoms with van der Waals surface area (Å²) in [5, 5.41) is 14.0. The Labute approximate surface area is 180 Å². The van der Waals surface area contributed by atoms with E-state index < -0.39 is 18.0 Å². The maximum absolute atomic E-state index is 12.6. The molecule has 0 saturated heterocycles. The molecule has 8 nitrogen and oxygen atoms in total. The summed E-state index contributed by atoms with van der Waals surface area (Å²) in [7, 11) is 1.56. The van der Waals surface area contributed by atoms with Crippen LogP contribution in [0.2, 0.25) is 0 Å². The molecule has 1 unspecified atom stereocenters. The highest BCUT2D eigenvalue weighted by molar-refractivity contribution is 7.11. The quantitative estimate of drug-likeness (QED) is 0.473. The molecule has 31 heavy (non-hydrogen) atoms. The van der Waals surface area contributed by atoms with Crippen molar-refractivity contribution < 1.29 is 28.6 Å². The number of nitrogens with one attached hydrogen (secondary N) is 1. The van der Waals surface area contributed by atoms with Crippen LogP contribution in [-0.2, 0) is 6.42 Å². The van der Waals surface area contributed by atoms with E-state index in [2.05, 4.69) is 10.3 Å². The number of rotatable bonds is 5. The van der Waals surface area contributed by atoms with Crippen molar-refractivity contribution in [2.75, 3.05) is 12.4 Å². The van der Waals surface area contributed by atoms with Gasteiger partial charge in [-0.3, -0.25) is 4.79 Å². The molecular weight excluding hydrogens is 420 g/mol. The largest absolute Gasteiger partial charge is 0.493 e. The SMILES string of the molecule is COc1cccc2c1OC(c1scc(NC(=O)c3nc4ccccc4o3)c1C(=O)O)C2. The van der Waals surface area contributed by atoms with Gasteiger partial charge in [0, 0.05) is 17.4 Å². The van der Waals surface area contributed by atoms with Crippen molar-refractivity contribution in [3.63, 3.8) is 0 Å². The second-order valence-electron chi connectivity index (χ2n) is 6.89. The number of oxazole rings is 1. The third-order valence-corrected chi connectivity index (χ3v) is 6.08. The van der Waals surface area contributed by atoms with Crippen molar-refractivity contribution >= 4 is 40.0 Å². The van der Waals surface area contributed by atoms with Gasteiger partial charge in [-0.05, 0) is 18.2 Å². The number of methoxy groups -OCH3 is 1. The topological polar surface area (TPSA) is 111 Å². The lowest BCUT2D eigenvalue weighted by Gasteiger charge is -2.12. The molecule has 0 aliphatic carbocycles. The number of anilines is 1. The monoisotopic (exact) mass is 436 g/mol. The zero-order valence-electron chi connectivity index (χ0n) is 16.2. The summed E-state index contributed by atoms with van der Waals surface area (Å²) in [5.74, 6) is -0.717. The standard InChI is InChI=1S/C22H16N2O6S/c1-28-15-8-4-5-11-9-16(29-18(11)15)19-17(22(26)27)13(10-31-19)23-20(25)21-24-12-6-2-3-7-14(12)30-21/h2-8,10,16H,9H2,1H3,(H,23,25)(H,26,27). The van der Waals surface area contributed by atoms with Crippen molar-refractivity contribution in [3.05, 3.63) is 69.7 Å². The highest BCUT2D eigenvalue weighted by Gasteiger charge is 2.33. The van der Waals surface area contributed by atoms with E-state index in [1.807, 2.05) is 12.1 Å².